The van der Waals surface area contributed by atoms with Crippen molar-refractivity contribution in [2.75, 3.05) is 13.7 Å². The van der Waals surface area contributed by atoms with Gasteiger partial charge in [0.2, 0.25) is 5.91 Å². The summed E-state index contributed by atoms with van der Waals surface area (Å²) in [4.78, 5) is 23.4. The lowest BCUT2D eigenvalue weighted by molar-refractivity contribution is -0.131. The van der Waals surface area contributed by atoms with Crippen LogP contribution in [0.5, 0.6) is 5.75 Å². The zero-order valence-corrected chi connectivity index (χ0v) is 15.9. The summed E-state index contributed by atoms with van der Waals surface area (Å²) in [5, 5.41) is 0. The molecule has 0 saturated heterocycles. The van der Waals surface area contributed by atoms with Crippen LogP contribution >= 0.6 is 0 Å². The van der Waals surface area contributed by atoms with Gasteiger partial charge in [0.05, 0.1) is 20.1 Å². The number of aromatic nitrogens is 2. The van der Waals surface area contributed by atoms with E-state index in [9.17, 15) is 4.79 Å². The summed E-state index contributed by atoms with van der Waals surface area (Å²) in [7, 11) is 1.62. The highest BCUT2D eigenvalue weighted by atomic mass is 16.5. The molecule has 28 heavy (non-hydrogen) atoms. The fourth-order valence-electron chi connectivity index (χ4n) is 3.49. The number of pyridine rings is 1. The molecule has 4 rings (SSSR count). The minimum absolute atomic E-state index is 0.0788. The van der Waals surface area contributed by atoms with E-state index in [4.69, 9.17) is 9.15 Å². The number of fused-ring (bicyclic) bond motifs is 1. The average molecular weight is 377 g/mol. The van der Waals surface area contributed by atoms with Gasteiger partial charge in [-0.05, 0) is 24.1 Å². The lowest BCUT2D eigenvalue weighted by Gasteiger charge is -2.25. The van der Waals surface area contributed by atoms with Crippen LogP contribution in [-0.2, 0) is 37.0 Å². The molecule has 0 bridgehead atoms. The fraction of sp³-hybridized carbons (Fsp3) is 0.318. The Balaban J connectivity index is 1.39. The Morgan fingerprint density at radius 2 is 2.11 bits per heavy atom. The minimum Gasteiger partial charge on any atom is -0.496 e. The minimum atomic E-state index is 0.0788. The van der Waals surface area contributed by atoms with E-state index < -0.39 is 0 Å². The third kappa shape index (κ3) is 4.06. The van der Waals surface area contributed by atoms with Crippen molar-refractivity contribution in [1.82, 2.24) is 14.9 Å². The van der Waals surface area contributed by atoms with E-state index >= 15 is 0 Å². The van der Waals surface area contributed by atoms with Crippen LogP contribution in [0.2, 0.25) is 0 Å². The lowest BCUT2D eigenvalue weighted by Crippen LogP contribution is -2.36. The number of oxazole rings is 1. The van der Waals surface area contributed by atoms with Gasteiger partial charge in [0.25, 0.3) is 0 Å². The van der Waals surface area contributed by atoms with Crippen molar-refractivity contribution in [2.24, 2.45) is 0 Å². The number of carbonyl (C=O) groups excluding carboxylic acids is 1. The molecule has 0 atom stereocenters. The molecular formula is C22H23N3O3. The van der Waals surface area contributed by atoms with E-state index in [2.05, 4.69) is 9.97 Å². The second-order valence-electron chi connectivity index (χ2n) is 6.89. The Kier molecular flexibility index (Phi) is 5.37. The second-order valence-corrected chi connectivity index (χ2v) is 6.89. The monoisotopic (exact) mass is 377 g/mol. The molecule has 6 nitrogen and oxygen atoms in total. The third-order valence-corrected chi connectivity index (χ3v) is 5.01. The molecule has 3 aromatic rings. The smallest absolute Gasteiger partial charge is 0.227 e. The second kappa shape index (κ2) is 8.25. The number of amides is 1. The van der Waals surface area contributed by atoms with Crippen LogP contribution in [0.4, 0.5) is 0 Å². The van der Waals surface area contributed by atoms with Gasteiger partial charge in [-0.25, -0.2) is 4.98 Å². The summed E-state index contributed by atoms with van der Waals surface area (Å²) in [6.45, 7) is 1.15. The molecule has 0 N–H and O–H groups in total. The van der Waals surface area contributed by atoms with E-state index in [1.165, 1.54) is 0 Å². The number of para-hydroxylation sites is 1. The van der Waals surface area contributed by atoms with Crippen molar-refractivity contribution >= 4 is 5.91 Å². The molecule has 0 radical (unpaired) electrons. The first-order chi connectivity index (χ1) is 13.7. The first-order valence-corrected chi connectivity index (χ1v) is 9.49. The summed E-state index contributed by atoms with van der Waals surface area (Å²) < 4.78 is 11.3. The van der Waals surface area contributed by atoms with Gasteiger partial charge in [-0.3, -0.25) is 9.78 Å². The number of hydrogen-bond donors (Lipinski definition) is 0. The van der Waals surface area contributed by atoms with Crippen molar-refractivity contribution in [2.45, 2.75) is 32.2 Å². The Bertz CT molecular complexity index is 953. The van der Waals surface area contributed by atoms with Crippen molar-refractivity contribution in [3.8, 4) is 5.75 Å². The number of methoxy groups -OCH3 is 1. The van der Waals surface area contributed by atoms with Crippen LogP contribution in [0.3, 0.4) is 0 Å². The quantitative estimate of drug-likeness (QED) is 0.661. The van der Waals surface area contributed by atoms with E-state index in [1.54, 1.807) is 13.3 Å². The number of carbonyl (C=O) groups is 1. The number of rotatable bonds is 6. The highest BCUT2D eigenvalue weighted by Crippen LogP contribution is 2.23. The summed E-state index contributed by atoms with van der Waals surface area (Å²) in [5.74, 6) is 2.46. The number of hydrogen-bond acceptors (Lipinski definition) is 5. The van der Waals surface area contributed by atoms with E-state index in [-0.39, 0.29) is 5.91 Å². The lowest BCUT2D eigenvalue weighted by atomic mass is 10.1. The molecule has 0 aliphatic carbocycles. The molecule has 1 aromatic carbocycles. The maximum atomic E-state index is 12.8. The molecule has 6 heteroatoms. The maximum Gasteiger partial charge on any atom is 0.227 e. The Hall–Kier alpha value is -3.15. The summed E-state index contributed by atoms with van der Waals surface area (Å²) >= 11 is 0. The predicted octanol–water partition coefficient (Wildman–Crippen LogP) is 2.99. The highest BCUT2D eigenvalue weighted by Gasteiger charge is 2.25. The van der Waals surface area contributed by atoms with Crippen molar-refractivity contribution in [3.63, 3.8) is 0 Å². The molecular weight excluding hydrogens is 354 g/mol. The summed E-state index contributed by atoms with van der Waals surface area (Å²) in [6.07, 6.45) is 6.22. The Labute approximate surface area is 164 Å². The molecule has 2 aromatic heterocycles. The van der Waals surface area contributed by atoms with Crippen LogP contribution in [0, 0.1) is 0 Å². The first-order valence-electron chi connectivity index (χ1n) is 9.49. The fourth-order valence-corrected chi connectivity index (χ4v) is 3.49. The highest BCUT2D eigenvalue weighted by molar-refractivity contribution is 5.79. The van der Waals surface area contributed by atoms with Gasteiger partial charge in [-0.2, -0.15) is 0 Å². The first kappa shape index (κ1) is 18.2. The van der Waals surface area contributed by atoms with Gasteiger partial charge in [0, 0.05) is 37.3 Å². The maximum absolute atomic E-state index is 12.8. The SMILES string of the molecule is COc1ccccc1CC(=O)N1CCc2oc(CCc3cccnc3)nc2C1. The topological polar surface area (TPSA) is 68.5 Å². The van der Waals surface area contributed by atoms with Gasteiger partial charge in [-0.15, -0.1) is 0 Å². The number of nitrogens with zero attached hydrogens (tertiary/aromatic N) is 3. The van der Waals surface area contributed by atoms with Crippen molar-refractivity contribution in [3.05, 3.63) is 77.3 Å². The van der Waals surface area contributed by atoms with E-state index in [0.29, 0.717) is 25.9 Å². The normalized spacial score (nSPS) is 13.2. The average Bonchev–Trinajstić information content (AvgIpc) is 3.15. The number of ether oxygens (including phenoxy) is 1. The number of benzene rings is 1. The molecule has 0 saturated carbocycles. The van der Waals surface area contributed by atoms with Gasteiger partial charge < -0.3 is 14.1 Å². The summed E-state index contributed by atoms with van der Waals surface area (Å²) in [6, 6.07) is 11.6. The van der Waals surface area contributed by atoms with Crippen molar-refractivity contribution in [1.29, 1.82) is 0 Å². The van der Waals surface area contributed by atoms with Crippen LogP contribution in [0.15, 0.2) is 53.2 Å². The van der Waals surface area contributed by atoms with Gasteiger partial charge in [0.15, 0.2) is 5.89 Å². The van der Waals surface area contributed by atoms with Gasteiger partial charge in [-0.1, -0.05) is 24.3 Å². The molecule has 1 amide bonds. The predicted molar refractivity (Wildman–Crippen MR) is 104 cm³/mol. The summed E-state index contributed by atoms with van der Waals surface area (Å²) in [5.41, 5.74) is 2.94. The number of aryl methyl sites for hydroxylation is 2. The van der Waals surface area contributed by atoms with E-state index in [1.807, 2.05) is 47.5 Å². The molecule has 0 spiro atoms. The van der Waals surface area contributed by atoms with Crippen molar-refractivity contribution < 1.29 is 13.9 Å². The van der Waals surface area contributed by atoms with Gasteiger partial charge in [0.1, 0.15) is 17.2 Å². The van der Waals surface area contributed by atoms with Gasteiger partial charge >= 0.3 is 0 Å². The zero-order valence-electron chi connectivity index (χ0n) is 15.9. The zero-order chi connectivity index (χ0) is 19.3. The molecule has 0 fully saturated rings. The van der Waals surface area contributed by atoms with E-state index in [0.717, 1.165) is 47.1 Å². The third-order valence-electron chi connectivity index (χ3n) is 5.01. The molecule has 0 unspecified atom stereocenters. The molecule has 3 heterocycles. The molecule has 1 aliphatic heterocycles. The largest absolute Gasteiger partial charge is 0.496 e. The standard InChI is InChI=1S/C22H23N3O3/c1-27-19-7-3-2-6-17(19)13-22(26)25-12-10-20-18(15-25)24-21(28-20)9-8-16-5-4-11-23-14-16/h2-7,11,14H,8-10,12-13,15H2,1H3. The Morgan fingerprint density at radius 3 is 2.93 bits per heavy atom. The van der Waals surface area contributed by atoms with Crippen LogP contribution in [-0.4, -0.2) is 34.4 Å². The molecule has 144 valence electrons. The van der Waals surface area contributed by atoms with Crippen LogP contribution in [0.25, 0.3) is 0 Å². The Morgan fingerprint density at radius 1 is 1.21 bits per heavy atom. The van der Waals surface area contributed by atoms with Crippen LogP contribution < -0.4 is 4.74 Å². The van der Waals surface area contributed by atoms with Crippen LogP contribution in [0.1, 0.15) is 28.5 Å². The molecule has 1 aliphatic rings.